The zero-order chi connectivity index (χ0) is 26.5. The molecule has 0 saturated carbocycles. The third-order valence-electron chi connectivity index (χ3n) is 6.87. The number of nitrogens with zero attached hydrogens (tertiary/aromatic N) is 1. The number of fused-ring (bicyclic) bond motifs is 1. The number of carbonyl (C=O) groups excluding carboxylic acids is 2. The van der Waals surface area contributed by atoms with Crippen LogP contribution in [0.1, 0.15) is 67.5 Å². The van der Waals surface area contributed by atoms with E-state index in [2.05, 4.69) is 56.4 Å². The molecular formula is C32H38N2O3. The van der Waals surface area contributed by atoms with Gasteiger partial charge in [-0.05, 0) is 79.1 Å². The minimum absolute atomic E-state index is 0.168. The average molecular weight is 499 g/mol. The third kappa shape index (κ3) is 6.40. The van der Waals surface area contributed by atoms with Gasteiger partial charge >= 0.3 is 0 Å². The highest BCUT2D eigenvalue weighted by molar-refractivity contribution is 5.94. The highest BCUT2D eigenvalue weighted by Gasteiger charge is 2.33. The van der Waals surface area contributed by atoms with Gasteiger partial charge in [0, 0.05) is 18.7 Å². The van der Waals surface area contributed by atoms with Crippen molar-refractivity contribution in [3.8, 4) is 5.75 Å². The minimum Gasteiger partial charge on any atom is -0.481 e. The maximum atomic E-state index is 13.3. The summed E-state index contributed by atoms with van der Waals surface area (Å²) in [4.78, 5) is 28.3. The molecule has 2 amide bonds. The molecule has 4 rings (SSSR count). The molecule has 1 aliphatic rings. The van der Waals surface area contributed by atoms with E-state index in [1.54, 1.807) is 0 Å². The first-order valence-corrected chi connectivity index (χ1v) is 13.3. The van der Waals surface area contributed by atoms with Gasteiger partial charge in [0.2, 0.25) is 5.91 Å². The van der Waals surface area contributed by atoms with Crippen LogP contribution in [0, 0.1) is 19.8 Å². The van der Waals surface area contributed by atoms with E-state index in [-0.39, 0.29) is 17.9 Å². The molecule has 0 radical (unpaired) electrons. The number of anilines is 1. The Bertz CT molecular complexity index is 1250. The zero-order valence-corrected chi connectivity index (χ0v) is 22.6. The molecule has 37 heavy (non-hydrogen) atoms. The Hall–Kier alpha value is -3.60. The monoisotopic (exact) mass is 498 g/mol. The Morgan fingerprint density at radius 1 is 1.00 bits per heavy atom. The number of benzene rings is 3. The molecular weight excluding hydrogens is 460 g/mol. The van der Waals surface area contributed by atoms with Crippen LogP contribution in [0.5, 0.6) is 5.75 Å². The van der Waals surface area contributed by atoms with Crippen molar-refractivity contribution < 1.29 is 14.3 Å². The number of rotatable bonds is 8. The molecule has 0 bridgehead atoms. The average Bonchev–Trinajstić information content (AvgIpc) is 2.86. The topological polar surface area (TPSA) is 58.6 Å². The van der Waals surface area contributed by atoms with Crippen LogP contribution >= 0.6 is 0 Å². The third-order valence-corrected chi connectivity index (χ3v) is 6.87. The largest absolute Gasteiger partial charge is 0.481 e. The summed E-state index contributed by atoms with van der Waals surface area (Å²) in [7, 11) is 0. The van der Waals surface area contributed by atoms with E-state index >= 15 is 0 Å². The van der Waals surface area contributed by atoms with Gasteiger partial charge in [-0.25, -0.2) is 0 Å². The Morgan fingerprint density at radius 2 is 1.76 bits per heavy atom. The summed E-state index contributed by atoms with van der Waals surface area (Å²) >= 11 is 0. The summed E-state index contributed by atoms with van der Waals surface area (Å²) < 4.78 is 6.24. The molecule has 2 atom stereocenters. The van der Waals surface area contributed by atoms with Crippen molar-refractivity contribution in [2.45, 2.75) is 66.0 Å². The fraction of sp³-hybridized carbons (Fsp3) is 0.375. The van der Waals surface area contributed by atoms with Gasteiger partial charge in [-0.1, -0.05) is 68.8 Å². The lowest BCUT2D eigenvalue weighted by Crippen LogP contribution is -2.41. The number of amides is 2. The first-order chi connectivity index (χ1) is 17.7. The second-order valence-electron chi connectivity index (χ2n) is 10.5. The molecule has 3 aromatic carbocycles. The lowest BCUT2D eigenvalue weighted by atomic mass is 9.87. The summed E-state index contributed by atoms with van der Waals surface area (Å²) in [6.45, 7) is 10.9. The molecule has 1 N–H and O–H groups in total. The highest BCUT2D eigenvalue weighted by Crippen LogP contribution is 2.38. The number of ether oxygens (including phenoxy) is 1. The molecule has 0 aromatic heterocycles. The summed E-state index contributed by atoms with van der Waals surface area (Å²) in [5, 5.41) is 2.98. The molecule has 1 heterocycles. The molecule has 0 unspecified atom stereocenters. The maximum absolute atomic E-state index is 13.3. The van der Waals surface area contributed by atoms with Gasteiger partial charge in [-0.2, -0.15) is 0 Å². The van der Waals surface area contributed by atoms with Crippen molar-refractivity contribution in [3.63, 3.8) is 0 Å². The Balaban J connectivity index is 1.63. The fourth-order valence-electron chi connectivity index (χ4n) is 4.94. The van der Waals surface area contributed by atoms with E-state index in [0.29, 0.717) is 31.1 Å². The van der Waals surface area contributed by atoms with E-state index in [0.717, 1.165) is 28.8 Å². The van der Waals surface area contributed by atoms with E-state index in [1.165, 1.54) is 11.1 Å². The molecule has 5 heteroatoms. The number of nitrogens with one attached hydrogen (secondary N) is 1. The van der Waals surface area contributed by atoms with E-state index in [4.69, 9.17) is 4.74 Å². The summed E-state index contributed by atoms with van der Waals surface area (Å²) in [5.41, 5.74) is 6.39. The van der Waals surface area contributed by atoms with Gasteiger partial charge in [0.05, 0.1) is 6.04 Å². The van der Waals surface area contributed by atoms with Crippen molar-refractivity contribution >= 4 is 17.5 Å². The number of aryl methyl sites for hydroxylation is 2. The van der Waals surface area contributed by atoms with E-state index in [9.17, 15) is 9.59 Å². The Morgan fingerprint density at radius 3 is 2.43 bits per heavy atom. The van der Waals surface area contributed by atoms with Crippen molar-refractivity contribution in [1.82, 2.24) is 4.90 Å². The van der Waals surface area contributed by atoms with Crippen LogP contribution in [0.3, 0.4) is 0 Å². The normalized spacial score (nSPS) is 15.7. The van der Waals surface area contributed by atoms with Crippen LogP contribution in [0.15, 0.2) is 66.7 Å². The first kappa shape index (κ1) is 26.5. The van der Waals surface area contributed by atoms with Crippen LogP contribution in [0.25, 0.3) is 0 Å². The maximum Gasteiger partial charge on any atom is 0.265 e. The number of hydrogen-bond acceptors (Lipinski definition) is 3. The SMILES string of the molecule is CC[C@H](Oc1ccc2c(c1)[C@H](c1ccc(C)cc1)N(C(=O)CC(C)C)CC2)C(=O)Nc1cccc(C)c1. The second-order valence-corrected chi connectivity index (χ2v) is 10.5. The van der Waals surface area contributed by atoms with Crippen LogP contribution < -0.4 is 10.1 Å². The smallest absolute Gasteiger partial charge is 0.265 e. The first-order valence-electron chi connectivity index (χ1n) is 13.3. The minimum atomic E-state index is -0.626. The van der Waals surface area contributed by atoms with Crippen molar-refractivity contribution in [2.24, 2.45) is 5.92 Å². The van der Waals surface area contributed by atoms with Gasteiger partial charge in [-0.15, -0.1) is 0 Å². The molecule has 0 spiro atoms. The second kappa shape index (κ2) is 11.6. The molecule has 0 aliphatic carbocycles. The summed E-state index contributed by atoms with van der Waals surface area (Å²) in [6.07, 6.45) is 1.23. The van der Waals surface area contributed by atoms with E-state index in [1.807, 2.05) is 55.1 Å². The molecule has 194 valence electrons. The molecule has 3 aromatic rings. The molecule has 1 aliphatic heterocycles. The lowest BCUT2D eigenvalue weighted by Gasteiger charge is -2.38. The van der Waals surface area contributed by atoms with Gasteiger partial charge < -0.3 is 15.0 Å². The predicted octanol–water partition coefficient (Wildman–Crippen LogP) is 6.62. The van der Waals surface area contributed by atoms with Crippen molar-refractivity contribution in [1.29, 1.82) is 0 Å². The predicted molar refractivity (Wildman–Crippen MR) is 149 cm³/mol. The van der Waals surface area contributed by atoms with Gasteiger partial charge in [0.1, 0.15) is 5.75 Å². The Labute approximate surface area is 220 Å². The van der Waals surface area contributed by atoms with Gasteiger partial charge in [0.25, 0.3) is 5.91 Å². The van der Waals surface area contributed by atoms with Crippen LogP contribution in [0.4, 0.5) is 5.69 Å². The van der Waals surface area contributed by atoms with Crippen molar-refractivity contribution in [2.75, 3.05) is 11.9 Å². The van der Waals surface area contributed by atoms with Crippen molar-refractivity contribution in [3.05, 3.63) is 94.5 Å². The standard InChI is InChI=1S/C32H38N2O3/c1-6-29(32(36)33-26-9-7-8-23(5)19-26)37-27-15-14-24-16-17-34(30(35)18-21(2)3)31(28(24)20-27)25-12-10-22(4)11-13-25/h7-15,19-21,29,31H,6,16-18H2,1-5H3,(H,33,36)/t29-,31-/m0/s1. The number of hydrogen-bond donors (Lipinski definition) is 1. The summed E-state index contributed by atoms with van der Waals surface area (Å²) in [6, 6.07) is 22.0. The molecule has 0 fully saturated rings. The van der Waals surface area contributed by atoms with Gasteiger partial charge in [0.15, 0.2) is 6.10 Å². The molecule has 5 nitrogen and oxygen atoms in total. The van der Waals surface area contributed by atoms with Gasteiger partial charge in [-0.3, -0.25) is 9.59 Å². The van der Waals surface area contributed by atoms with Crippen LogP contribution in [-0.4, -0.2) is 29.4 Å². The fourth-order valence-corrected chi connectivity index (χ4v) is 4.94. The zero-order valence-electron chi connectivity index (χ0n) is 22.6. The van der Waals surface area contributed by atoms with Crippen LogP contribution in [0.2, 0.25) is 0 Å². The van der Waals surface area contributed by atoms with Crippen LogP contribution in [-0.2, 0) is 16.0 Å². The lowest BCUT2D eigenvalue weighted by molar-refractivity contribution is -0.134. The summed E-state index contributed by atoms with van der Waals surface area (Å²) in [5.74, 6) is 0.927. The quantitative estimate of drug-likeness (QED) is 0.380. The molecule has 0 saturated heterocycles. The Kier molecular flexibility index (Phi) is 8.32. The number of carbonyl (C=O) groups is 2. The van der Waals surface area contributed by atoms with E-state index < -0.39 is 6.10 Å². The highest BCUT2D eigenvalue weighted by atomic mass is 16.5.